The van der Waals surface area contributed by atoms with Gasteiger partial charge in [-0.1, -0.05) is 11.9 Å². The largest absolute Gasteiger partial charge is 0.435 e. The van der Waals surface area contributed by atoms with E-state index in [-0.39, 0.29) is 12.5 Å². The Morgan fingerprint density at radius 2 is 2.27 bits per heavy atom. The lowest BCUT2D eigenvalue weighted by Gasteiger charge is -2.01. The summed E-state index contributed by atoms with van der Waals surface area (Å²) in [4.78, 5) is 24.6. The third kappa shape index (κ3) is 2.12. The van der Waals surface area contributed by atoms with Gasteiger partial charge in [-0.2, -0.15) is 0 Å². The van der Waals surface area contributed by atoms with E-state index in [2.05, 4.69) is 4.98 Å². The van der Waals surface area contributed by atoms with E-state index in [4.69, 9.17) is 5.73 Å². The number of nitrogens with zero attached hydrogens (tertiary/aromatic N) is 3. The summed E-state index contributed by atoms with van der Waals surface area (Å²) in [7, 11) is 0. The van der Waals surface area contributed by atoms with Crippen LogP contribution in [0, 0.1) is 17.0 Å². The number of hydrogen-bond donors (Lipinski definition) is 1. The van der Waals surface area contributed by atoms with E-state index in [1.807, 2.05) is 6.92 Å². The highest BCUT2D eigenvalue weighted by Crippen LogP contribution is 2.17. The normalized spacial score (nSPS) is 10.3. The maximum absolute atomic E-state index is 10.8. The number of carbonyl (C=O) groups is 1. The molecule has 1 rings (SSSR count). The molecule has 0 bridgehead atoms. The van der Waals surface area contributed by atoms with Crippen LogP contribution in [0.5, 0.6) is 0 Å². The van der Waals surface area contributed by atoms with Crippen molar-refractivity contribution in [1.29, 1.82) is 0 Å². The van der Waals surface area contributed by atoms with Crippen molar-refractivity contribution in [3.8, 4) is 0 Å². The first-order valence-electron chi connectivity index (χ1n) is 4.46. The Kier molecular flexibility index (Phi) is 3.03. The number of imidazole rings is 1. The lowest BCUT2D eigenvalue weighted by molar-refractivity contribution is -0.396. The highest BCUT2D eigenvalue weighted by molar-refractivity contribution is 5.74. The van der Waals surface area contributed by atoms with Crippen molar-refractivity contribution in [1.82, 2.24) is 9.55 Å². The van der Waals surface area contributed by atoms with Gasteiger partial charge in [-0.25, -0.2) is 4.57 Å². The number of hydrogen-bond acceptors (Lipinski definition) is 4. The van der Waals surface area contributed by atoms with Gasteiger partial charge in [0.1, 0.15) is 5.69 Å². The van der Waals surface area contributed by atoms with Crippen molar-refractivity contribution in [2.75, 3.05) is 0 Å². The van der Waals surface area contributed by atoms with Crippen molar-refractivity contribution in [3.05, 3.63) is 21.5 Å². The van der Waals surface area contributed by atoms with Gasteiger partial charge < -0.3 is 15.8 Å². The van der Waals surface area contributed by atoms with Crippen LogP contribution < -0.4 is 5.73 Å². The van der Waals surface area contributed by atoms with Crippen LogP contribution in [0.15, 0.2) is 0 Å². The summed E-state index contributed by atoms with van der Waals surface area (Å²) in [6.07, 6.45) is 0.569. The molecule has 0 aromatic carbocycles. The minimum absolute atomic E-state index is 0.208. The number of aryl methyl sites for hydroxylation is 1. The third-order valence-corrected chi connectivity index (χ3v) is 2.06. The van der Waals surface area contributed by atoms with E-state index in [0.29, 0.717) is 17.8 Å². The molecule has 1 aromatic heterocycles. The van der Waals surface area contributed by atoms with Crippen LogP contribution in [0.4, 0.5) is 5.95 Å². The van der Waals surface area contributed by atoms with E-state index in [9.17, 15) is 14.9 Å². The van der Waals surface area contributed by atoms with Crippen molar-refractivity contribution in [3.63, 3.8) is 0 Å². The molecule has 1 aromatic rings. The Labute approximate surface area is 86.0 Å². The fourth-order valence-corrected chi connectivity index (χ4v) is 1.50. The summed E-state index contributed by atoms with van der Waals surface area (Å²) in [6.45, 7) is 3.30. The molecule has 0 radical (unpaired) electrons. The fraction of sp³-hybridized carbons (Fsp3) is 0.500. The topological polar surface area (TPSA) is 104 Å². The molecule has 0 aliphatic carbocycles. The Hall–Kier alpha value is -1.92. The van der Waals surface area contributed by atoms with Gasteiger partial charge in [0, 0.05) is 6.42 Å². The first kappa shape index (κ1) is 11.2. The predicted octanol–water partition coefficient (Wildman–Crippen LogP) is 0.147. The van der Waals surface area contributed by atoms with Crippen LogP contribution in [0.1, 0.15) is 18.3 Å². The minimum atomic E-state index is -0.620. The van der Waals surface area contributed by atoms with Gasteiger partial charge in [0.2, 0.25) is 0 Å². The average molecular weight is 212 g/mol. The van der Waals surface area contributed by atoms with E-state index in [1.54, 1.807) is 6.92 Å². The summed E-state index contributed by atoms with van der Waals surface area (Å²) in [6, 6.07) is 0. The molecule has 15 heavy (non-hydrogen) atoms. The van der Waals surface area contributed by atoms with Gasteiger partial charge in [-0.15, -0.1) is 0 Å². The van der Waals surface area contributed by atoms with Crippen LogP contribution in [0.2, 0.25) is 0 Å². The molecular formula is C8H12N4O3. The zero-order chi connectivity index (χ0) is 11.6. The van der Waals surface area contributed by atoms with Crippen LogP contribution >= 0.6 is 0 Å². The third-order valence-electron chi connectivity index (χ3n) is 2.06. The summed E-state index contributed by atoms with van der Waals surface area (Å²) >= 11 is 0. The molecule has 1 heterocycles. The Morgan fingerprint density at radius 1 is 1.67 bits per heavy atom. The van der Waals surface area contributed by atoms with E-state index in [1.165, 1.54) is 4.57 Å². The second kappa shape index (κ2) is 4.07. The maximum atomic E-state index is 10.8. The van der Waals surface area contributed by atoms with Crippen LogP contribution in [0.3, 0.4) is 0 Å². The van der Waals surface area contributed by atoms with Crippen LogP contribution in [-0.2, 0) is 17.8 Å². The average Bonchev–Trinajstić information content (AvgIpc) is 2.41. The molecule has 0 atom stereocenters. The second-order valence-electron chi connectivity index (χ2n) is 3.11. The van der Waals surface area contributed by atoms with Gasteiger partial charge in [0.15, 0.2) is 12.2 Å². The molecule has 0 spiro atoms. The number of nitro groups is 1. The fourth-order valence-electron chi connectivity index (χ4n) is 1.50. The quantitative estimate of drug-likeness (QED) is 0.566. The standard InChI is InChI=1S/C8H12N4O3/c1-3-6-5(2)10-8(12(14)15)11(6)4-7(9)13/h3-4H2,1-2H3,(H2,9,13). The minimum Gasteiger partial charge on any atom is -0.390 e. The molecule has 0 aliphatic rings. The molecule has 2 N–H and O–H groups in total. The molecule has 1 amide bonds. The Bertz CT molecular complexity index is 410. The number of nitrogens with two attached hydrogens (primary N) is 1. The van der Waals surface area contributed by atoms with Gasteiger partial charge in [-0.05, 0) is 11.8 Å². The van der Waals surface area contributed by atoms with Crippen LogP contribution in [0.25, 0.3) is 0 Å². The lowest BCUT2D eigenvalue weighted by Crippen LogP contribution is -2.21. The molecule has 7 nitrogen and oxygen atoms in total. The Balaban J connectivity index is 3.28. The summed E-state index contributed by atoms with van der Waals surface area (Å²) in [5.41, 5.74) is 6.24. The number of aromatic nitrogens is 2. The molecule has 0 fully saturated rings. The first-order chi connectivity index (χ1) is 6.97. The van der Waals surface area contributed by atoms with Crippen molar-refractivity contribution < 1.29 is 9.72 Å². The second-order valence-corrected chi connectivity index (χ2v) is 3.11. The van der Waals surface area contributed by atoms with E-state index in [0.717, 1.165) is 0 Å². The number of amides is 1. The van der Waals surface area contributed by atoms with E-state index < -0.39 is 10.8 Å². The van der Waals surface area contributed by atoms with Gasteiger partial charge >= 0.3 is 5.95 Å². The maximum Gasteiger partial charge on any atom is 0.435 e. The molecular weight excluding hydrogens is 200 g/mol. The number of carbonyl (C=O) groups excluding carboxylic acids is 1. The Morgan fingerprint density at radius 3 is 2.67 bits per heavy atom. The molecule has 0 saturated heterocycles. The smallest absolute Gasteiger partial charge is 0.390 e. The molecule has 0 aliphatic heterocycles. The highest BCUT2D eigenvalue weighted by atomic mass is 16.6. The lowest BCUT2D eigenvalue weighted by atomic mass is 10.3. The summed E-state index contributed by atoms with van der Waals surface area (Å²) in [5.74, 6) is -0.951. The van der Waals surface area contributed by atoms with Gasteiger partial charge in [0.25, 0.3) is 5.91 Å². The molecule has 0 unspecified atom stereocenters. The SMILES string of the molecule is CCc1c(C)nc([N+](=O)[O-])n1CC(N)=O. The molecule has 7 heteroatoms. The number of primary amides is 1. The molecule has 82 valence electrons. The van der Waals surface area contributed by atoms with Gasteiger partial charge in [0.05, 0.1) is 0 Å². The molecule has 0 saturated carbocycles. The summed E-state index contributed by atoms with van der Waals surface area (Å²) in [5, 5.41) is 10.7. The monoisotopic (exact) mass is 212 g/mol. The summed E-state index contributed by atoms with van der Waals surface area (Å²) < 4.78 is 1.25. The first-order valence-corrected chi connectivity index (χ1v) is 4.46. The number of rotatable bonds is 4. The van der Waals surface area contributed by atoms with Crippen molar-refractivity contribution >= 4 is 11.9 Å². The van der Waals surface area contributed by atoms with Crippen molar-refractivity contribution in [2.45, 2.75) is 26.8 Å². The van der Waals surface area contributed by atoms with Gasteiger partial charge in [-0.3, -0.25) is 4.79 Å². The van der Waals surface area contributed by atoms with Crippen LogP contribution in [-0.4, -0.2) is 20.4 Å². The van der Waals surface area contributed by atoms with Crippen molar-refractivity contribution in [2.24, 2.45) is 5.73 Å². The highest BCUT2D eigenvalue weighted by Gasteiger charge is 2.24. The predicted molar refractivity (Wildman–Crippen MR) is 52.2 cm³/mol. The zero-order valence-corrected chi connectivity index (χ0v) is 8.56. The zero-order valence-electron chi connectivity index (χ0n) is 8.56. The van der Waals surface area contributed by atoms with E-state index >= 15 is 0 Å².